The van der Waals surface area contributed by atoms with Crippen LogP contribution in [0.5, 0.6) is 5.75 Å². The lowest BCUT2D eigenvalue weighted by Crippen LogP contribution is -2.30. The van der Waals surface area contributed by atoms with Gasteiger partial charge >= 0.3 is 0 Å². The molecule has 4 nitrogen and oxygen atoms in total. The predicted octanol–water partition coefficient (Wildman–Crippen LogP) is 4.24. The summed E-state index contributed by atoms with van der Waals surface area (Å²) in [6.45, 7) is 0.785. The van der Waals surface area contributed by atoms with Crippen LogP contribution in [-0.2, 0) is 0 Å². The summed E-state index contributed by atoms with van der Waals surface area (Å²) in [5.41, 5.74) is 0.705. The number of hydrogen-bond donors (Lipinski definition) is 0. The van der Waals surface area contributed by atoms with Gasteiger partial charge < -0.3 is 14.1 Å². The Morgan fingerprint density at radius 2 is 1.91 bits per heavy atom. The first-order chi connectivity index (χ1) is 11.1. The van der Waals surface area contributed by atoms with Crippen LogP contribution in [0.25, 0.3) is 11.0 Å². The number of furan rings is 1. The Morgan fingerprint density at radius 3 is 2.70 bits per heavy atom. The van der Waals surface area contributed by atoms with Crippen molar-refractivity contribution in [2.75, 3.05) is 20.2 Å². The summed E-state index contributed by atoms with van der Waals surface area (Å²) >= 11 is 6.02. The molecule has 0 N–H and O–H groups in total. The Balaban J connectivity index is 1.60. The number of para-hydroxylation sites is 2. The summed E-state index contributed by atoms with van der Waals surface area (Å²) < 4.78 is 11.2. The summed E-state index contributed by atoms with van der Waals surface area (Å²) in [7, 11) is 1.71. The van der Waals surface area contributed by atoms with Crippen LogP contribution in [0.3, 0.4) is 0 Å². The number of carbonyl (C=O) groups is 1. The Kier molecular flexibility index (Phi) is 4.53. The largest absolute Gasteiger partial charge is 0.490 e. The van der Waals surface area contributed by atoms with E-state index in [4.69, 9.17) is 20.8 Å². The van der Waals surface area contributed by atoms with Gasteiger partial charge in [-0.1, -0.05) is 41.9 Å². The van der Waals surface area contributed by atoms with Crippen LogP contribution in [0.4, 0.5) is 0 Å². The van der Waals surface area contributed by atoms with Crippen LogP contribution in [0, 0.1) is 0 Å². The Bertz CT molecular complexity index is 795. The minimum absolute atomic E-state index is 0.177. The molecule has 2 aromatic carbocycles. The van der Waals surface area contributed by atoms with Crippen LogP contribution in [0.15, 0.2) is 59.0 Å². The summed E-state index contributed by atoms with van der Waals surface area (Å²) in [6.07, 6.45) is 0. The second-order valence-electron chi connectivity index (χ2n) is 5.15. The molecule has 3 rings (SSSR count). The van der Waals surface area contributed by atoms with Gasteiger partial charge in [0.05, 0.1) is 11.6 Å². The van der Waals surface area contributed by atoms with Gasteiger partial charge in [0.25, 0.3) is 5.91 Å². The number of rotatable bonds is 5. The lowest BCUT2D eigenvalue weighted by molar-refractivity contribution is 0.0745. The molecule has 0 aliphatic rings. The quantitative estimate of drug-likeness (QED) is 0.703. The lowest BCUT2D eigenvalue weighted by Gasteiger charge is -2.16. The third-order valence-electron chi connectivity index (χ3n) is 3.50. The monoisotopic (exact) mass is 329 g/mol. The van der Waals surface area contributed by atoms with E-state index in [1.165, 1.54) is 0 Å². The molecule has 118 valence electrons. The number of carbonyl (C=O) groups excluding carboxylic acids is 1. The number of hydrogen-bond acceptors (Lipinski definition) is 3. The minimum Gasteiger partial charge on any atom is -0.490 e. The van der Waals surface area contributed by atoms with E-state index >= 15 is 0 Å². The summed E-state index contributed by atoms with van der Waals surface area (Å²) in [6, 6.07) is 16.5. The molecule has 0 saturated heterocycles. The van der Waals surface area contributed by atoms with E-state index in [0.717, 1.165) is 5.39 Å². The lowest BCUT2D eigenvalue weighted by atomic mass is 10.2. The smallest absolute Gasteiger partial charge is 0.289 e. The molecular formula is C18H16ClNO3. The van der Waals surface area contributed by atoms with Crippen molar-refractivity contribution < 1.29 is 13.9 Å². The third-order valence-corrected chi connectivity index (χ3v) is 3.82. The Labute approximate surface area is 139 Å². The van der Waals surface area contributed by atoms with Crippen molar-refractivity contribution in [1.82, 2.24) is 4.90 Å². The van der Waals surface area contributed by atoms with E-state index in [1.807, 2.05) is 36.4 Å². The second-order valence-corrected chi connectivity index (χ2v) is 5.56. The topological polar surface area (TPSA) is 42.7 Å². The second kappa shape index (κ2) is 6.75. The molecule has 1 heterocycles. The average molecular weight is 330 g/mol. The molecule has 0 fully saturated rings. The van der Waals surface area contributed by atoms with Crippen LogP contribution in [0.1, 0.15) is 10.6 Å². The highest BCUT2D eigenvalue weighted by atomic mass is 35.5. The van der Waals surface area contributed by atoms with Crippen molar-refractivity contribution >= 4 is 28.5 Å². The normalized spacial score (nSPS) is 10.7. The first kappa shape index (κ1) is 15.4. The van der Waals surface area contributed by atoms with Gasteiger partial charge in [-0.2, -0.15) is 0 Å². The highest BCUT2D eigenvalue weighted by Gasteiger charge is 2.16. The van der Waals surface area contributed by atoms with E-state index in [9.17, 15) is 4.79 Å². The van der Waals surface area contributed by atoms with Crippen molar-refractivity contribution in [3.8, 4) is 5.75 Å². The van der Waals surface area contributed by atoms with Crippen LogP contribution >= 0.6 is 11.6 Å². The zero-order chi connectivity index (χ0) is 16.2. The third kappa shape index (κ3) is 3.48. The van der Waals surface area contributed by atoms with Crippen molar-refractivity contribution in [2.24, 2.45) is 0 Å². The molecule has 1 amide bonds. The van der Waals surface area contributed by atoms with Gasteiger partial charge in [0.1, 0.15) is 17.9 Å². The first-order valence-electron chi connectivity index (χ1n) is 7.26. The van der Waals surface area contributed by atoms with E-state index in [-0.39, 0.29) is 5.91 Å². The molecule has 0 aliphatic heterocycles. The highest BCUT2D eigenvalue weighted by Crippen LogP contribution is 2.23. The maximum absolute atomic E-state index is 12.4. The summed E-state index contributed by atoms with van der Waals surface area (Å²) in [4.78, 5) is 13.9. The van der Waals surface area contributed by atoms with Gasteiger partial charge in [-0.3, -0.25) is 4.79 Å². The highest BCUT2D eigenvalue weighted by molar-refractivity contribution is 6.32. The molecule has 5 heteroatoms. The van der Waals surface area contributed by atoms with Crippen molar-refractivity contribution in [3.63, 3.8) is 0 Å². The maximum atomic E-state index is 12.4. The molecule has 0 spiro atoms. The standard InChI is InChI=1S/C18H16ClNO3/c1-20(10-11-22-16-9-5-3-7-14(16)19)18(21)17-12-13-6-2-4-8-15(13)23-17/h2-9,12H,10-11H2,1H3. The number of benzene rings is 2. The number of halogens is 1. The molecule has 0 atom stereocenters. The van der Waals surface area contributed by atoms with Gasteiger partial charge in [-0.25, -0.2) is 0 Å². The Morgan fingerprint density at radius 1 is 1.17 bits per heavy atom. The zero-order valence-electron chi connectivity index (χ0n) is 12.7. The van der Waals surface area contributed by atoms with Crippen molar-refractivity contribution in [2.45, 2.75) is 0 Å². The molecule has 3 aromatic rings. The number of likely N-dealkylation sites (N-methyl/N-ethyl adjacent to an activating group) is 1. The fourth-order valence-electron chi connectivity index (χ4n) is 2.23. The molecule has 0 saturated carbocycles. The number of ether oxygens (including phenoxy) is 1. The molecule has 0 radical (unpaired) electrons. The summed E-state index contributed by atoms with van der Waals surface area (Å²) in [5, 5.41) is 1.47. The summed E-state index contributed by atoms with van der Waals surface area (Å²) in [5.74, 6) is 0.758. The first-order valence-corrected chi connectivity index (χ1v) is 7.64. The van der Waals surface area contributed by atoms with Gasteiger partial charge in [0.2, 0.25) is 0 Å². The molecule has 0 bridgehead atoms. The zero-order valence-corrected chi connectivity index (χ0v) is 13.4. The van der Waals surface area contributed by atoms with E-state index in [0.29, 0.717) is 35.3 Å². The van der Waals surface area contributed by atoms with Gasteiger partial charge in [0, 0.05) is 12.4 Å². The van der Waals surface area contributed by atoms with E-state index in [1.54, 1.807) is 30.1 Å². The van der Waals surface area contributed by atoms with Crippen molar-refractivity contribution in [3.05, 3.63) is 65.4 Å². The van der Waals surface area contributed by atoms with Crippen LogP contribution < -0.4 is 4.74 Å². The predicted molar refractivity (Wildman–Crippen MR) is 90.1 cm³/mol. The molecule has 23 heavy (non-hydrogen) atoms. The minimum atomic E-state index is -0.177. The SMILES string of the molecule is CN(CCOc1ccccc1Cl)C(=O)c1cc2ccccc2o1. The van der Waals surface area contributed by atoms with Crippen LogP contribution in [0.2, 0.25) is 5.02 Å². The van der Waals surface area contributed by atoms with Gasteiger partial charge in [-0.05, 0) is 24.3 Å². The average Bonchev–Trinajstić information content (AvgIpc) is 2.99. The van der Waals surface area contributed by atoms with Gasteiger partial charge in [0.15, 0.2) is 5.76 Å². The number of fused-ring (bicyclic) bond motifs is 1. The fraction of sp³-hybridized carbons (Fsp3) is 0.167. The maximum Gasteiger partial charge on any atom is 0.289 e. The Hall–Kier alpha value is -2.46. The van der Waals surface area contributed by atoms with E-state index < -0.39 is 0 Å². The number of nitrogens with zero attached hydrogens (tertiary/aromatic N) is 1. The fourth-order valence-corrected chi connectivity index (χ4v) is 2.42. The van der Waals surface area contributed by atoms with E-state index in [2.05, 4.69) is 0 Å². The molecule has 0 unspecified atom stereocenters. The molecule has 1 aromatic heterocycles. The molecule has 0 aliphatic carbocycles. The molecular weight excluding hydrogens is 314 g/mol. The van der Waals surface area contributed by atoms with Crippen LogP contribution in [-0.4, -0.2) is 31.0 Å². The van der Waals surface area contributed by atoms with Crippen molar-refractivity contribution in [1.29, 1.82) is 0 Å². The van der Waals surface area contributed by atoms with Gasteiger partial charge in [-0.15, -0.1) is 0 Å². The number of amides is 1.